The van der Waals surface area contributed by atoms with Crippen LogP contribution < -0.4 is 14.7 Å². The molecule has 18 nitrogen and oxygen atoms in total. The number of piperidine rings is 1. The van der Waals surface area contributed by atoms with Gasteiger partial charge in [0.1, 0.15) is 12.1 Å². The fourth-order valence-electron chi connectivity index (χ4n) is 16.3. The van der Waals surface area contributed by atoms with E-state index in [1.54, 1.807) is 18.5 Å². The van der Waals surface area contributed by atoms with Crippen molar-refractivity contribution in [3.8, 4) is 97.1 Å². The van der Waals surface area contributed by atoms with Gasteiger partial charge in [0.05, 0.1) is 63.1 Å². The fourth-order valence-corrected chi connectivity index (χ4v) is 16.3. The minimum atomic E-state index is -0.234. The van der Waals surface area contributed by atoms with Crippen molar-refractivity contribution in [1.29, 1.82) is 10.5 Å². The zero-order valence-electron chi connectivity index (χ0n) is 55.6. The molecular formula is C79H75FN18. The first-order valence-corrected chi connectivity index (χ1v) is 34.4. The molecule has 7 aliphatic rings. The third kappa shape index (κ3) is 11.1. The number of anilines is 3. The molecule has 19 rings (SSSR count). The summed E-state index contributed by atoms with van der Waals surface area (Å²) in [4.78, 5) is 14.9. The molecule has 0 N–H and O–H groups in total. The summed E-state index contributed by atoms with van der Waals surface area (Å²) in [6.45, 7) is 18.2. The van der Waals surface area contributed by atoms with Gasteiger partial charge in [-0.05, 0) is 204 Å². The van der Waals surface area contributed by atoms with Gasteiger partial charge in [-0.1, -0.05) is 56.7 Å². The number of halogens is 1. The molecule has 4 fully saturated rings. The zero-order chi connectivity index (χ0) is 66.3. The molecule has 0 saturated carbocycles. The Morgan fingerprint density at radius 2 is 1.08 bits per heavy atom. The van der Waals surface area contributed by atoms with Crippen LogP contribution in [0.2, 0.25) is 0 Å². The van der Waals surface area contributed by atoms with Crippen LogP contribution in [0.1, 0.15) is 79.5 Å². The van der Waals surface area contributed by atoms with Crippen molar-refractivity contribution in [2.24, 2.45) is 17.3 Å². The minimum Gasteiger partial charge on any atom is -0.371 e. The summed E-state index contributed by atoms with van der Waals surface area (Å²) in [7, 11) is 2.22. The van der Waals surface area contributed by atoms with E-state index in [9.17, 15) is 4.39 Å². The lowest BCUT2D eigenvalue weighted by molar-refractivity contribution is 0.0424. The number of likely N-dealkylation sites (tertiary alicyclic amines) is 1. The van der Waals surface area contributed by atoms with E-state index < -0.39 is 0 Å². The van der Waals surface area contributed by atoms with Gasteiger partial charge in [-0.2, -0.15) is 15.2 Å². The molecule has 0 aliphatic carbocycles. The van der Waals surface area contributed by atoms with Crippen LogP contribution in [-0.2, 0) is 19.6 Å². The van der Waals surface area contributed by atoms with Gasteiger partial charge in [-0.15, -0.1) is 15.3 Å². The van der Waals surface area contributed by atoms with Gasteiger partial charge in [0.25, 0.3) is 0 Å². The highest BCUT2D eigenvalue weighted by atomic mass is 19.1. The van der Waals surface area contributed by atoms with Gasteiger partial charge in [0, 0.05) is 136 Å². The number of nitrogens with zero attached hydrogens (tertiary/aromatic N) is 18. The Hall–Kier alpha value is -11.2. The highest BCUT2D eigenvalue weighted by molar-refractivity contribution is 5.76. The molecule has 6 aromatic heterocycles. The van der Waals surface area contributed by atoms with E-state index in [0.717, 1.165) is 137 Å². The lowest BCUT2D eigenvalue weighted by atomic mass is 9.79. The molecule has 12 aromatic rings. The SMILES string of the molecule is CCC1CCN(c2ccc3c(c2)Cn2cc(-c4ccc(C#N)cc4)cc2-c2nncn2-3)C1.C[C@@H]1CCCN(c2ccc3c(c2)Cn2cc(-c4ccc(F)cc4)cc2-c2nnnn2-3)C1.Cc1cn2c(n1)-c1cc(-c3ccc(C#N)cc3)cn1Cc1cc(N3CCC4(CN(C)C4)C3)ccc1-2. The molecular weight excluding hydrogens is 1220 g/mol. The Kier molecular flexibility index (Phi) is 15.1. The molecule has 0 amide bonds. The molecule has 98 heavy (non-hydrogen) atoms. The first-order valence-electron chi connectivity index (χ1n) is 34.4. The third-order valence-electron chi connectivity index (χ3n) is 21.3. The summed E-state index contributed by atoms with van der Waals surface area (Å²) in [5.41, 5.74) is 23.5. The van der Waals surface area contributed by atoms with Gasteiger partial charge in [-0.3, -0.25) is 9.13 Å². The van der Waals surface area contributed by atoms with Crippen molar-refractivity contribution < 1.29 is 4.39 Å². The lowest BCUT2D eigenvalue weighted by Crippen LogP contribution is -2.55. The summed E-state index contributed by atoms with van der Waals surface area (Å²) < 4.78 is 26.3. The van der Waals surface area contributed by atoms with E-state index in [0.29, 0.717) is 34.8 Å². The van der Waals surface area contributed by atoms with Gasteiger partial charge in [0.2, 0.25) is 5.82 Å². The highest BCUT2D eigenvalue weighted by Gasteiger charge is 2.46. The van der Waals surface area contributed by atoms with E-state index in [1.165, 1.54) is 96.8 Å². The van der Waals surface area contributed by atoms with Crippen molar-refractivity contribution in [2.75, 3.05) is 74.1 Å². The van der Waals surface area contributed by atoms with E-state index >= 15 is 0 Å². The number of aryl methyl sites for hydroxylation is 1. The molecule has 1 spiro atoms. The second-order valence-electron chi connectivity index (χ2n) is 28.1. The molecule has 1 unspecified atom stereocenters. The number of rotatable bonds is 7. The standard InChI is InChI=1S/C29H28N6.C26H24N6.C24H23FN6/c1-20-14-35-26-8-7-25(33-10-9-29(19-33)17-32(2)18-29)11-24(26)16-34-15-23(12-27(34)28(35)31-20)22-5-3-21(13-30)4-6-22;1-2-18-9-10-30(14-18)23-7-8-24-22(11-23)16-31-15-21(20-5-3-19(13-27)4-6-20)12-25(31)26-29-28-17-32(24)26;1-16-3-2-10-29(13-16)21-8-9-22-19(11-21)15-30-14-18(17-4-6-20(25)7-5-17)12-23(30)24-26-27-28-31(22)24/h3-8,11-12,14-15H,9-10,16-19H2,1-2H3;3-8,11-12,15,17-18H,2,9-10,14,16H2,1H3;4-9,11-12,14,16H,2-3,10,13,15H2,1H3/t;;16-/m..1/s1. The van der Waals surface area contributed by atoms with Crippen LogP contribution in [0.25, 0.3) is 85.0 Å². The average Bonchev–Trinajstić information content (AvgIpc) is 1.62. The Labute approximate surface area is 569 Å². The predicted molar refractivity (Wildman–Crippen MR) is 380 cm³/mol. The normalized spacial score (nSPS) is 17.4. The number of hydrogen-bond donors (Lipinski definition) is 0. The van der Waals surface area contributed by atoms with Crippen LogP contribution in [0.15, 0.2) is 177 Å². The van der Waals surface area contributed by atoms with E-state index in [2.05, 4.69) is 206 Å². The maximum Gasteiger partial charge on any atom is 0.203 e. The highest BCUT2D eigenvalue weighted by Crippen LogP contribution is 2.44. The quantitative estimate of drug-likeness (QED) is 0.148. The summed E-state index contributed by atoms with van der Waals surface area (Å²) >= 11 is 0. The number of benzene rings is 6. The van der Waals surface area contributed by atoms with E-state index in [-0.39, 0.29) is 5.82 Å². The number of fused-ring (bicyclic) bond motifs is 15. The smallest absolute Gasteiger partial charge is 0.203 e. The van der Waals surface area contributed by atoms with Crippen molar-refractivity contribution in [1.82, 2.24) is 63.1 Å². The monoisotopic (exact) mass is 1290 g/mol. The molecule has 6 aromatic carbocycles. The Morgan fingerprint density at radius 1 is 0.541 bits per heavy atom. The van der Waals surface area contributed by atoms with Gasteiger partial charge < -0.3 is 33.3 Å². The Balaban J connectivity index is 0.000000111. The number of aromatic nitrogens is 12. The number of tetrazole rings is 1. The molecule has 488 valence electrons. The van der Waals surface area contributed by atoms with Gasteiger partial charge >= 0.3 is 0 Å². The summed E-state index contributed by atoms with van der Waals surface area (Å²) in [6.07, 6.45) is 16.8. The van der Waals surface area contributed by atoms with E-state index in [4.69, 9.17) is 15.5 Å². The van der Waals surface area contributed by atoms with Crippen LogP contribution in [0.4, 0.5) is 21.5 Å². The molecule has 0 radical (unpaired) electrons. The fraction of sp³-hybridized carbons (Fsp3) is 0.291. The van der Waals surface area contributed by atoms with Crippen molar-refractivity contribution in [3.63, 3.8) is 0 Å². The molecule has 19 heteroatoms. The Bertz CT molecular complexity index is 5100. The summed E-state index contributed by atoms with van der Waals surface area (Å²) in [6, 6.07) is 53.4. The first kappa shape index (κ1) is 60.5. The van der Waals surface area contributed by atoms with Crippen LogP contribution in [0.5, 0.6) is 0 Å². The van der Waals surface area contributed by atoms with Crippen LogP contribution in [0, 0.1) is 52.7 Å². The van der Waals surface area contributed by atoms with Crippen LogP contribution in [0.3, 0.4) is 0 Å². The molecule has 4 saturated heterocycles. The average molecular weight is 1300 g/mol. The predicted octanol–water partition coefficient (Wildman–Crippen LogP) is 14.1. The topological polar surface area (TPSA) is 167 Å². The summed E-state index contributed by atoms with van der Waals surface area (Å²) in [5, 5.41) is 39.5. The maximum absolute atomic E-state index is 13.4. The number of imidazole rings is 1. The lowest BCUT2D eigenvalue weighted by Gasteiger charge is -2.46. The van der Waals surface area contributed by atoms with Gasteiger partial charge in [-0.25, -0.2) is 9.37 Å². The van der Waals surface area contributed by atoms with Crippen molar-refractivity contribution in [2.45, 2.75) is 72.5 Å². The Morgan fingerprint density at radius 3 is 1.65 bits per heavy atom. The van der Waals surface area contributed by atoms with Crippen LogP contribution in [-0.4, -0.2) is 123 Å². The van der Waals surface area contributed by atoms with Crippen molar-refractivity contribution in [3.05, 3.63) is 216 Å². The second kappa shape index (κ2) is 24.5. The minimum absolute atomic E-state index is 0.234. The first-order chi connectivity index (χ1) is 47.9. The molecule has 13 heterocycles. The number of nitriles is 2. The zero-order valence-corrected chi connectivity index (χ0v) is 55.6. The van der Waals surface area contributed by atoms with Crippen LogP contribution >= 0.6 is 0 Å². The molecule has 2 atom stereocenters. The van der Waals surface area contributed by atoms with Gasteiger partial charge in [0.15, 0.2) is 11.6 Å². The molecule has 0 bridgehead atoms. The molecule has 7 aliphatic heterocycles. The number of hydrogen-bond acceptors (Lipinski definition) is 12. The van der Waals surface area contributed by atoms with E-state index in [1.807, 2.05) is 53.2 Å². The largest absolute Gasteiger partial charge is 0.371 e. The third-order valence-corrected chi connectivity index (χ3v) is 21.3. The summed E-state index contributed by atoms with van der Waals surface area (Å²) in [5.74, 6) is 3.82. The second-order valence-corrected chi connectivity index (χ2v) is 28.1. The maximum atomic E-state index is 13.4. The van der Waals surface area contributed by atoms with Crippen molar-refractivity contribution >= 4 is 17.1 Å².